The van der Waals surface area contributed by atoms with Crippen molar-refractivity contribution in [1.29, 1.82) is 0 Å². The lowest BCUT2D eigenvalue weighted by Gasteiger charge is -2.28. The first-order valence-corrected chi connectivity index (χ1v) is 11.7. The van der Waals surface area contributed by atoms with Crippen LogP contribution >= 0.6 is 0 Å². The van der Waals surface area contributed by atoms with E-state index in [-0.39, 0.29) is 35.2 Å². The molecular weight excluding hydrogens is 475 g/mol. The molecule has 2 aromatic carbocycles. The minimum Gasteiger partial charge on any atom is -0.347 e. The highest BCUT2D eigenvalue weighted by Gasteiger charge is 2.40. The normalized spacial score (nSPS) is 15.7. The Kier molecular flexibility index (Phi) is 6.20. The maximum absolute atomic E-state index is 13.5. The Bertz CT molecular complexity index is 1490. The van der Waals surface area contributed by atoms with E-state index in [4.69, 9.17) is 0 Å². The molecule has 0 spiro atoms. The summed E-state index contributed by atoms with van der Waals surface area (Å²) < 4.78 is 13.5. The number of carbonyl (C=O) groups excluding carboxylic acids is 2. The summed E-state index contributed by atoms with van der Waals surface area (Å²) in [6.45, 7) is 6.03. The van der Waals surface area contributed by atoms with E-state index in [1.54, 1.807) is 19.1 Å². The number of carbonyl (C=O) groups is 2. The second kappa shape index (κ2) is 9.49. The standard InChI is InChI=1S/C26H25FN8O2/c1-14-8-15(4-7-19(14)27)12-28-24(36)20-10-21(30-13-29-20)25(37)31-22-18-6-5-16(23-32-34-35-33-23)9-17(18)11-26(22,2)3/h4-10,13,22H,11-12H2,1-3H3,(H,28,36)(H,31,37)(H,32,33,34,35)/t22-/m0/s1. The number of nitrogens with zero attached hydrogens (tertiary/aromatic N) is 5. The van der Waals surface area contributed by atoms with Crippen LogP contribution in [0.5, 0.6) is 0 Å². The molecule has 11 heteroatoms. The number of rotatable bonds is 6. The molecule has 2 aromatic heterocycles. The molecule has 0 aliphatic heterocycles. The lowest BCUT2D eigenvalue weighted by molar-refractivity contribution is 0.0898. The molecule has 0 radical (unpaired) electrons. The number of hydrogen-bond donors (Lipinski definition) is 3. The maximum atomic E-state index is 13.5. The van der Waals surface area contributed by atoms with Crippen molar-refractivity contribution in [3.05, 3.63) is 88.3 Å². The second-order valence-electron chi connectivity index (χ2n) is 9.78. The van der Waals surface area contributed by atoms with Crippen molar-refractivity contribution < 1.29 is 14.0 Å². The van der Waals surface area contributed by atoms with Gasteiger partial charge in [0.25, 0.3) is 11.8 Å². The second-order valence-corrected chi connectivity index (χ2v) is 9.78. The Hall–Kier alpha value is -4.54. The third-order valence-electron chi connectivity index (χ3n) is 6.57. The Labute approximate surface area is 212 Å². The number of aromatic amines is 1. The van der Waals surface area contributed by atoms with Crippen LogP contribution in [0.1, 0.15) is 63.1 Å². The Morgan fingerprint density at radius 1 is 1.08 bits per heavy atom. The summed E-state index contributed by atoms with van der Waals surface area (Å²) in [6, 6.07) is 11.6. The quantitative estimate of drug-likeness (QED) is 0.370. The van der Waals surface area contributed by atoms with Gasteiger partial charge in [-0.25, -0.2) is 14.4 Å². The van der Waals surface area contributed by atoms with Gasteiger partial charge in [0.15, 0.2) is 0 Å². The van der Waals surface area contributed by atoms with Gasteiger partial charge in [0.2, 0.25) is 5.82 Å². The number of aromatic nitrogens is 6. The van der Waals surface area contributed by atoms with Crippen molar-refractivity contribution in [2.75, 3.05) is 0 Å². The molecule has 37 heavy (non-hydrogen) atoms. The van der Waals surface area contributed by atoms with Gasteiger partial charge in [-0.2, -0.15) is 5.21 Å². The monoisotopic (exact) mass is 500 g/mol. The number of halogens is 1. The van der Waals surface area contributed by atoms with E-state index in [0.29, 0.717) is 11.4 Å². The summed E-state index contributed by atoms with van der Waals surface area (Å²) >= 11 is 0. The van der Waals surface area contributed by atoms with Crippen molar-refractivity contribution >= 4 is 11.8 Å². The third kappa shape index (κ3) is 4.92. The summed E-state index contributed by atoms with van der Waals surface area (Å²) in [5.74, 6) is -0.658. The molecule has 3 N–H and O–H groups in total. The van der Waals surface area contributed by atoms with Gasteiger partial charge in [0.1, 0.15) is 23.5 Å². The van der Waals surface area contributed by atoms with Gasteiger partial charge in [-0.05, 0) is 58.4 Å². The minimum atomic E-state index is -0.459. The molecule has 2 amide bonds. The fourth-order valence-electron chi connectivity index (χ4n) is 4.65. The molecule has 188 valence electrons. The van der Waals surface area contributed by atoms with E-state index in [1.807, 2.05) is 18.2 Å². The van der Waals surface area contributed by atoms with E-state index in [1.165, 1.54) is 18.5 Å². The number of H-pyrrole nitrogens is 1. The van der Waals surface area contributed by atoms with Crippen molar-refractivity contribution in [2.24, 2.45) is 5.41 Å². The van der Waals surface area contributed by atoms with Gasteiger partial charge in [-0.15, -0.1) is 10.2 Å². The molecule has 1 atom stereocenters. The molecule has 1 aliphatic rings. The summed E-state index contributed by atoms with van der Waals surface area (Å²) in [7, 11) is 0. The van der Waals surface area contributed by atoms with Gasteiger partial charge in [-0.1, -0.05) is 38.1 Å². The van der Waals surface area contributed by atoms with Crippen LogP contribution in [0.3, 0.4) is 0 Å². The third-order valence-corrected chi connectivity index (χ3v) is 6.57. The van der Waals surface area contributed by atoms with E-state index >= 15 is 0 Å². The predicted octanol–water partition coefficient (Wildman–Crippen LogP) is 3.09. The van der Waals surface area contributed by atoms with Crippen molar-refractivity contribution in [2.45, 2.75) is 39.8 Å². The summed E-state index contributed by atoms with van der Waals surface area (Å²) in [5.41, 5.74) is 4.09. The van der Waals surface area contributed by atoms with Crippen LogP contribution in [0.15, 0.2) is 48.8 Å². The average molecular weight is 501 g/mol. The SMILES string of the molecule is Cc1cc(CNC(=O)c2cc(C(=O)N[C@H]3c4ccc(-c5nn[nH]n5)cc4CC3(C)C)ncn2)ccc1F. The highest BCUT2D eigenvalue weighted by Crippen LogP contribution is 2.46. The van der Waals surface area contributed by atoms with Gasteiger partial charge in [-0.3, -0.25) is 9.59 Å². The number of amides is 2. The summed E-state index contributed by atoms with van der Waals surface area (Å²) in [4.78, 5) is 33.9. The van der Waals surface area contributed by atoms with Gasteiger partial charge < -0.3 is 10.6 Å². The lowest BCUT2D eigenvalue weighted by atomic mass is 9.85. The van der Waals surface area contributed by atoms with Crippen molar-refractivity contribution in [3.63, 3.8) is 0 Å². The summed E-state index contributed by atoms with van der Waals surface area (Å²) in [5, 5.41) is 20.0. The number of nitrogens with one attached hydrogen (secondary N) is 3. The number of tetrazole rings is 1. The largest absolute Gasteiger partial charge is 0.347 e. The lowest BCUT2D eigenvalue weighted by Crippen LogP contribution is -2.36. The Morgan fingerprint density at radius 3 is 2.59 bits per heavy atom. The van der Waals surface area contributed by atoms with Crippen LogP contribution in [0, 0.1) is 18.2 Å². The average Bonchev–Trinajstić information content (AvgIpc) is 3.50. The van der Waals surface area contributed by atoms with Gasteiger partial charge in [0, 0.05) is 18.2 Å². The van der Waals surface area contributed by atoms with Crippen LogP contribution in [0.2, 0.25) is 0 Å². The van der Waals surface area contributed by atoms with Crippen LogP contribution < -0.4 is 10.6 Å². The number of benzene rings is 2. The van der Waals surface area contributed by atoms with E-state index < -0.39 is 11.8 Å². The van der Waals surface area contributed by atoms with Gasteiger partial charge in [0.05, 0.1) is 6.04 Å². The summed E-state index contributed by atoms with van der Waals surface area (Å²) in [6.07, 6.45) is 1.94. The first-order chi connectivity index (χ1) is 17.7. The molecule has 0 fully saturated rings. The highest BCUT2D eigenvalue weighted by molar-refractivity contribution is 5.97. The fraction of sp³-hybridized carbons (Fsp3) is 0.269. The Morgan fingerprint density at radius 2 is 1.86 bits per heavy atom. The van der Waals surface area contributed by atoms with Crippen LogP contribution in [-0.4, -0.2) is 42.4 Å². The molecule has 2 heterocycles. The number of hydrogen-bond acceptors (Lipinski definition) is 7. The zero-order valence-corrected chi connectivity index (χ0v) is 20.5. The molecule has 4 aromatic rings. The van der Waals surface area contributed by atoms with Crippen molar-refractivity contribution in [1.82, 2.24) is 41.2 Å². The molecule has 5 rings (SSSR count). The minimum absolute atomic E-state index is 0.0646. The molecule has 1 aliphatic carbocycles. The topological polar surface area (TPSA) is 138 Å². The number of aryl methyl sites for hydroxylation is 1. The Balaban J connectivity index is 1.30. The van der Waals surface area contributed by atoms with E-state index in [9.17, 15) is 14.0 Å². The maximum Gasteiger partial charge on any atom is 0.270 e. The van der Waals surface area contributed by atoms with Crippen LogP contribution in [0.25, 0.3) is 11.4 Å². The van der Waals surface area contributed by atoms with Crippen LogP contribution in [-0.2, 0) is 13.0 Å². The first kappa shape index (κ1) is 24.2. The zero-order chi connectivity index (χ0) is 26.2. The molecule has 0 saturated heterocycles. The van der Waals surface area contributed by atoms with Crippen molar-refractivity contribution in [3.8, 4) is 11.4 Å². The van der Waals surface area contributed by atoms with E-state index in [0.717, 1.165) is 28.7 Å². The molecule has 0 saturated carbocycles. The smallest absolute Gasteiger partial charge is 0.270 e. The number of fused-ring (bicyclic) bond motifs is 1. The molecule has 10 nitrogen and oxygen atoms in total. The highest BCUT2D eigenvalue weighted by atomic mass is 19.1. The fourth-order valence-corrected chi connectivity index (χ4v) is 4.65. The molecule has 0 bridgehead atoms. The van der Waals surface area contributed by atoms with Crippen LogP contribution in [0.4, 0.5) is 4.39 Å². The zero-order valence-electron chi connectivity index (χ0n) is 20.5. The molecule has 0 unspecified atom stereocenters. The van der Waals surface area contributed by atoms with E-state index in [2.05, 4.69) is 55.1 Å². The molecular formula is C26H25FN8O2. The van der Waals surface area contributed by atoms with Gasteiger partial charge >= 0.3 is 0 Å². The predicted molar refractivity (Wildman–Crippen MR) is 132 cm³/mol. The first-order valence-electron chi connectivity index (χ1n) is 11.7.